The second-order valence-corrected chi connectivity index (χ2v) is 10.3. The summed E-state index contributed by atoms with van der Waals surface area (Å²) < 4.78 is 31.0. The van der Waals surface area contributed by atoms with Crippen molar-refractivity contribution < 1.29 is 17.6 Å². The smallest absolute Gasteiger partial charge is 0.287 e. The molecule has 1 aliphatic heterocycles. The molecule has 0 aliphatic carbocycles. The van der Waals surface area contributed by atoms with Gasteiger partial charge in [-0.25, -0.2) is 8.42 Å². The van der Waals surface area contributed by atoms with Gasteiger partial charge in [0.25, 0.3) is 5.91 Å². The van der Waals surface area contributed by atoms with E-state index in [0.717, 1.165) is 37.1 Å². The zero-order valence-corrected chi connectivity index (χ0v) is 19.3. The number of benzene rings is 2. The Hall–Kier alpha value is -2.61. The van der Waals surface area contributed by atoms with Gasteiger partial charge in [-0.1, -0.05) is 41.4 Å². The Balaban J connectivity index is 1.48. The molecule has 2 aromatic carbocycles. The highest BCUT2D eigenvalue weighted by Crippen LogP contribution is 2.27. The number of amides is 1. The Morgan fingerprint density at radius 2 is 1.69 bits per heavy atom. The molecule has 2 heterocycles. The van der Waals surface area contributed by atoms with E-state index >= 15 is 0 Å². The molecule has 1 atom stereocenters. The largest absolute Gasteiger partial charge is 0.439 e. The molecule has 0 bridgehead atoms. The normalized spacial score (nSPS) is 15.6. The maximum absolute atomic E-state index is 12.8. The maximum Gasteiger partial charge on any atom is 0.287 e. The SMILES string of the molecule is Cc1ccc(S(=O)(=O)c2ccc(C(=O)NCC(c3ccc(Cl)cc3)N3CCCC3)o2)cc1. The maximum atomic E-state index is 12.8. The van der Waals surface area contributed by atoms with Crippen molar-refractivity contribution >= 4 is 27.3 Å². The minimum absolute atomic E-state index is 0.00411. The summed E-state index contributed by atoms with van der Waals surface area (Å²) in [6.07, 6.45) is 2.24. The van der Waals surface area contributed by atoms with Crippen LogP contribution < -0.4 is 5.32 Å². The number of halogens is 1. The molecule has 1 saturated heterocycles. The van der Waals surface area contributed by atoms with E-state index in [0.29, 0.717) is 11.6 Å². The summed E-state index contributed by atoms with van der Waals surface area (Å²) in [4.78, 5) is 15.2. The van der Waals surface area contributed by atoms with Gasteiger partial charge < -0.3 is 9.73 Å². The topological polar surface area (TPSA) is 79.6 Å². The van der Waals surface area contributed by atoms with Crippen LogP contribution in [0.5, 0.6) is 0 Å². The third-order valence-corrected chi connectivity index (χ3v) is 7.59. The second kappa shape index (κ2) is 9.48. The van der Waals surface area contributed by atoms with Crippen LogP contribution in [0.2, 0.25) is 5.02 Å². The lowest BCUT2D eigenvalue weighted by Gasteiger charge is -2.28. The van der Waals surface area contributed by atoms with Gasteiger partial charge in [0.05, 0.1) is 10.9 Å². The molecule has 1 N–H and O–H groups in total. The van der Waals surface area contributed by atoms with Crippen molar-refractivity contribution in [3.8, 4) is 0 Å². The predicted octanol–water partition coefficient (Wildman–Crippen LogP) is 4.64. The number of carbonyl (C=O) groups excluding carboxylic acids is 1. The van der Waals surface area contributed by atoms with Gasteiger partial charge in [-0.2, -0.15) is 0 Å². The van der Waals surface area contributed by atoms with Crippen LogP contribution in [0.25, 0.3) is 0 Å². The van der Waals surface area contributed by atoms with Crippen LogP contribution >= 0.6 is 11.6 Å². The molecule has 1 unspecified atom stereocenters. The van der Waals surface area contributed by atoms with Crippen LogP contribution in [0.4, 0.5) is 0 Å². The summed E-state index contributed by atoms with van der Waals surface area (Å²) in [6, 6.07) is 16.8. The quantitative estimate of drug-likeness (QED) is 0.541. The number of nitrogens with one attached hydrogen (secondary N) is 1. The highest BCUT2D eigenvalue weighted by atomic mass is 35.5. The summed E-state index contributed by atoms with van der Waals surface area (Å²) in [5, 5.41) is 3.31. The number of furan rings is 1. The summed E-state index contributed by atoms with van der Waals surface area (Å²) >= 11 is 6.03. The fourth-order valence-electron chi connectivity index (χ4n) is 3.89. The molecule has 0 saturated carbocycles. The van der Waals surface area contributed by atoms with E-state index in [1.165, 1.54) is 24.3 Å². The van der Waals surface area contributed by atoms with Crippen LogP contribution in [-0.2, 0) is 9.84 Å². The molecule has 1 fully saturated rings. The van der Waals surface area contributed by atoms with Crippen molar-refractivity contribution in [2.45, 2.75) is 35.8 Å². The van der Waals surface area contributed by atoms with E-state index in [-0.39, 0.29) is 21.8 Å². The summed E-state index contributed by atoms with van der Waals surface area (Å²) in [5.41, 5.74) is 2.02. The van der Waals surface area contributed by atoms with E-state index in [1.54, 1.807) is 12.1 Å². The van der Waals surface area contributed by atoms with Crippen LogP contribution in [0, 0.1) is 6.92 Å². The minimum Gasteiger partial charge on any atom is -0.439 e. The van der Waals surface area contributed by atoms with Gasteiger partial charge in [-0.3, -0.25) is 9.69 Å². The van der Waals surface area contributed by atoms with Crippen LogP contribution in [0.1, 0.15) is 40.6 Å². The highest BCUT2D eigenvalue weighted by molar-refractivity contribution is 7.91. The number of rotatable bonds is 7. The lowest BCUT2D eigenvalue weighted by atomic mass is 10.1. The Labute approximate surface area is 193 Å². The monoisotopic (exact) mass is 472 g/mol. The molecule has 0 radical (unpaired) electrons. The molecule has 0 spiro atoms. The molecule has 4 rings (SSSR count). The molecule has 168 valence electrons. The molecule has 8 heteroatoms. The van der Waals surface area contributed by atoms with Crippen molar-refractivity contribution in [2.75, 3.05) is 19.6 Å². The lowest BCUT2D eigenvalue weighted by molar-refractivity contribution is 0.0905. The molecule has 3 aromatic rings. The van der Waals surface area contributed by atoms with Crippen LogP contribution in [0.15, 0.2) is 75.1 Å². The predicted molar refractivity (Wildman–Crippen MR) is 123 cm³/mol. The molecular weight excluding hydrogens is 448 g/mol. The molecule has 1 amide bonds. The number of hydrogen-bond donors (Lipinski definition) is 1. The third-order valence-electron chi connectivity index (χ3n) is 5.69. The lowest BCUT2D eigenvalue weighted by Crippen LogP contribution is -2.36. The number of hydrogen-bond acceptors (Lipinski definition) is 5. The van der Waals surface area contributed by atoms with E-state index in [4.69, 9.17) is 16.0 Å². The summed E-state index contributed by atoms with van der Waals surface area (Å²) in [6.45, 7) is 4.18. The Kier molecular flexibility index (Phi) is 6.69. The fraction of sp³-hybridized carbons (Fsp3) is 0.292. The van der Waals surface area contributed by atoms with Gasteiger partial charge in [0.2, 0.25) is 14.9 Å². The number of likely N-dealkylation sites (tertiary alicyclic amines) is 1. The first-order chi connectivity index (χ1) is 15.3. The standard InChI is InChI=1S/C24H25ClN2O4S/c1-17-4-10-20(11-5-17)32(29,30)23-13-12-22(31-23)24(28)26-16-21(27-14-2-3-15-27)18-6-8-19(25)9-7-18/h4-13,21H,2-3,14-16H2,1H3,(H,26,28). The zero-order valence-electron chi connectivity index (χ0n) is 17.8. The number of aryl methyl sites for hydroxylation is 1. The van der Waals surface area contributed by atoms with E-state index in [9.17, 15) is 13.2 Å². The third kappa shape index (κ3) is 4.90. The average Bonchev–Trinajstić information content (AvgIpc) is 3.48. The highest BCUT2D eigenvalue weighted by Gasteiger charge is 2.26. The molecule has 1 aromatic heterocycles. The van der Waals surface area contributed by atoms with Crippen molar-refractivity contribution in [3.05, 3.63) is 82.6 Å². The van der Waals surface area contributed by atoms with Gasteiger partial charge in [-0.15, -0.1) is 0 Å². The Morgan fingerprint density at radius 3 is 2.34 bits per heavy atom. The average molecular weight is 473 g/mol. The summed E-state index contributed by atoms with van der Waals surface area (Å²) in [5.74, 6) is -0.486. The number of carbonyl (C=O) groups is 1. The van der Waals surface area contributed by atoms with Crippen molar-refractivity contribution in [1.29, 1.82) is 0 Å². The fourth-order valence-corrected chi connectivity index (χ4v) is 5.19. The van der Waals surface area contributed by atoms with Crippen molar-refractivity contribution in [1.82, 2.24) is 10.2 Å². The number of sulfone groups is 1. The Morgan fingerprint density at radius 1 is 1.03 bits per heavy atom. The molecular formula is C24H25ClN2O4S. The number of nitrogens with zero attached hydrogens (tertiary/aromatic N) is 1. The summed E-state index contributed by atoms with van der Waals surface area (Å²) in [7, 11) is -3.83. The van der Waals surface area contributed by atoms with Gasteiger partial charge in [0.15, 0.2) is 5.76 Å². The molecule has 1 aliphatic rings. The first-order valence-electron chi connectivity index (χ1n) is 10.5. The van der Waals surface area contributed by atoms with Gasteiger partial charge in [-0.05, 0) is 74.8 Å². The minimum atomic E-state index is -3.83. The van der Waals surface area contributed by atoms with E-state index in [2.05, 4.69) is 10.2 Å². The van der Waals surface area contributed by atoms with E-state index < -0.39 is 15.7 Å². The van der Waals surface area contributed by atoms with Gasteiger partial charge in [0, 0.05) is 11.6 Å². The van der Waals surface area contributed by atoms with Crippen LogP contribution in [-0.4, -0.2) is 38.9 Å². The first kappa shape index (κ1) is 22.6. The molecule has 6 nitrogen and oxygen atoms in total. The second-order valence-electron chi connectivity index (χ2n) is 7.96. The van der Waals surface area contributed by atoms with Gasteiger partial charge >= 0.3 is 0 Å². The first-order valence-corrected chi connectivity index (χ1v) is 12.4. The molecule has 32 heavy (non-hydrogen) atoms. The van der Waals surface area contributed by atoms with E-state index in [1.807, 2.05) is 31.2 Å². The van der Waals surface area contributed by atoms with Crippen molar-refractivity contribution in [2.24, 2.45) is 0 Å². The van der Waals surface area contributed by atoms with Crippen LogP contribution in [0.3, 0.4) is 0 Å². The zero-order chi connectivity index (χ0) is 22.7. The van der Waals surface area contributed by atoms with Crippen molar-refractivity contribution in [3.63, 3.8) is 0 Å². The van der Waals surface area contributed by atoms with Gasteiger partial charge in [0.1, 0.15) is 0 Å². The Bertz CT molecular complexity index is 1180.